The van der Waals surface area contributed by atoms with Crippen LogP contribution < -0.4 is 10.2 Å². The minimum absolute atomic E-state index is 0.154. The number of aliphatic imine (C=N–C) groups is 1. The van der Waals surface area contributed by atoms with Crippen LogP contribution in [0.4, 0.5) is 11.4 Å². The number of piperazine rings is 1. The maximum atomic E-state index is 11.5. The highest BCUT2D eigenvalue weighted by atomic mass is 16.2. The molecule has 1 fully saturated rings. The van der Waals surface area contributed by atoms with Gasteiger partial charge < -0.3 is 20.0 Å². The molecule has 0 spiro atoms. The molecule has 0 aliphatic carbocycles. The highest BCUT2D eigenvalue weighted by Crippen LogP contribution is 2.26. The average molecular weight is 462 g/mol. The normalized spacial score (nSPS) is 18.1. The third-order valence-electron chi connectivity index (χ3n) is 6.38. The zero-order valence-electron chi connectivity index (χ0n) is 21.0. The first-order chi connectivity index (χ1) is 16.4. The minimum atomic E-state index is 0.154. The number of amidine groups is 1. The predicted molar refractivity (Wildman–Crippen MR) is 144 cm³/mol. The maximum absolute atomic E-state index is 11.5. The minimum Gasteiger partial charge on any atom is -0.368 e. The molecular weight excluding hydrogens is 422 g/mol. The Kier molecular flexibility index (Phi) is 9.14. The van der Waals surface area contributed by atoms with Gasteiger partial charge in [-0.3, -0.25) is 4.79 Å². The molecule has 1 aromatic rings. The van der Waals surface area contributed by atoms with Crippen LogP contribution in [0.25, 0.3) is 0 Å². The highest BCUT2D eigenvalue weighted by Gasteiger charge is 2.19. The number of unbranched alkanes of at least 4 members (excludes halogenated alkanes) is 3. The second kappa shape index (κ2) is 12.3. The number of anilines is 2. The molecule has 2 heterocycles. The van der Waals surface area contributed by atoms with Crippen LogP contribution in [0.5, 0.6) is 0 Å². The Balaban J connectivity index is 1.56. The van der Waals surface area contributed by atoms with Gasteiger partial charge in [-0.2, -0.15) is 0 Å². The second-order valence-corrected chi connectivity index (χ2v) is 8.95. The van der Waals surface area contributed by atoms with Gasteiger partial charge in [0.1, 0.15) is 5.84 Å². The van der Waals surface area contributed by atoms with Crippen molar-refractivity contribution in [2.75, 3.05) is 42.9 Å². The van der Waals surface area contributed by atoms with Gasteiger partial charge in [0, 0.05) is 74.2 Å². The van der Waals surface area contributed by atoms with Crippen molar-refractivity contribution in [3.8, 4) is 0 Å². The molecule has 0 saturated carbocycles. The summed E-state index contributed by atoms with van der Waals surface area (Å²) in [6, 6.07) is 8.37. The quantitative estimate of drug-likeness (QED) is 0.313. The lowest BCUT2D eigenvalue weighted by Crippen LogP contribution is -2.48. The van der Waals surface area contributed by atoms with Crippen molar-refractivity contribution < 1.29 is 4.79 Å². The van der Waals surface area contributed by atoms with E-state index < -0.39 is 0 Å². The SMILES string of the molecule is C=C1C=C/C(=C/N=C(C)Nc2ccc(N3CCN(C(C)=O)CC3)cc2)C(=C)N1CCCCCC. The topological polar surface area (TPSA) is 51.2 Å². The Labute approximate surface area is 205 Å². The van der Waals surface area contributed by atoms with Crippen LogP contribution in [0.15, 0.2) is 77.7 Å². The van der Waals surface area contributed by atoms with E-state index in [2.05, 4.69) is 64.5 Å². The van der Waals surface area contributed by atoms with Crippen LogP contribution in [0.3, 0.4) is 0 Å². The van der Waals surface area contributed by atoms with Crippen molar-refractivity contribution in [1.29, 1.82) is 0 Å². The number of carbonyl (C=O) groups is 1. The van der Waals surface area contributed by atoms with Gasteiger partial charge in [-0.25, -0.2) is 4.99 Å². The Morgan fingerprint density at radius 2 is 1.74 bits per heavy atom. The second-order valence-electron chi connectivity index (χ2n) is 8.95. The first-order valence-electron chi connectivity index (χ1n) is 12.3. The molecule has 0 aromatic heterocycles. The van der Waals surface area contributed by atoms with Crippen LogP contribution in [0.1, 0.15) is 46.5 Å². The van der Waals surface area contributed by atoms with E-state index in [0.717, 1.165) is 67.6 Å². The fourth-order valence-corrected chi connectivity index (χ4v) is 4.24. The lowest BCUT2D eigenvalue weighted by Gasteiger charge is -2.35. The molecule has 34 heavy (non-hydrogen) atoms. The number of rotatable bonds is 8. The average Bonchev–Trinajstić information content (AvgIpc) is 2.83. The highest BCUT2D eigenvalue weighted by molar-refractivity contribution is 5.94. The Morgan fingerprint density at radius 3 is 2.38 bits per heavy atom. The summed E-state index contributed by atoms with van der Waals surface area (Å²) in [7, 11) is 0. The third-order valence-corrected chi connectivity index (χ3v) is 6.38. The van der Waals surface area contributed by atoms with E-state index in [9.17, 15) is 4.79 Å². The van der Waals surface area contributed by atoms with Gasteiger partial charge in [-0.15, -0.1) is 0 Å². The first-order valence-corrected chi connectivity index (χ1v) is 12.3. The fraction of sp³-hybridized carbons (Fsp3) is 0.429. The Bertz CT molecular complexity index is 965. The van der Waals surface area contributed by atoms with Gasteiger partial charge in [0.25, 0.3) is 0 Å². The number of allylic oxidation sites excluding steroid dienone is 2. The maximum Gasteiger partial charge on any atom is 0.219 e. The summed E-state index contributed by atoms with van der Waals surface area (Å²) in [4.78, 5) is 22.6. The molecule has 0 atom stereocenters. The molecule has 182 valence electrons. The number of hydrogen-bond donors (Lipinski definition) is 1. The molecule has 0 radical (unpaired) electrons. The van der Waals surface area contributed by atoms with Crippen LogP contribution in [0, 0.1) is 0 Å². The molecule has 6 nitrogen and oxygen atoms in total. The number of carbonyl (C=O) groups excluding carboxylic acids is 1. The summed E-state index contributed by atoms with van der Waals surface area (Å²) >= 11 is 0. The Hall–Kier alpha value is -3.28. The molecule has 1 aromatic carbocycles. The summed E-state index contributed by atoms with van der Waals surface area (Å²) in [6.07, 6.45) is 10.8. The van der Waals surface area contributed by atoms with Crippen molar-refractivity contribution in [1.82, 2.24) is 9.80 Å². The molecule has 1 N–H and O–H groups in total. The van der Waals surface area contributed by atoms with Gasteiger partial charge in [0.15, 0.2) is 0 Å². The number of nitrogens with zero attached hydrogens (tertiary/aromatic N) is 4. The van der Waals surface area contributed by atoms with Gasteiger partial charge in [-0.1, -0.05) is 39.3 Å². The van der Waals surface area contributed by atoms with Crippen molar-refractivity contribution in [3.63, 3.8) is 0 Å². The molecule has 6 heteroatoms. The van der Waals surface area contributed by atoms with Gasteiger partial charge >= 0.3 is 0 Å². The number of amides is 1. The van der Waals surface area contributed by atoms with E-state index in [1.807, 2.05) is 30.2 Å². The third kappa shape index (κ3) is 6.86. The van der Waals surface area contributed by atoms with Crippen molar-refractivity contribution in [2.45, 2.75) is 46.5 Å². The van der Waals surface area contributed by atoms with E-state index in [1.165, 1.54) is 24.9 Å². The summed E-state index contributed by atoms with van der Waals surface area (Å²) in [6.45, 7) is 18.5. The summed E-state index contributed by atoms with van der Waals surface area (Å²) in [5.74, 6) is 0.969. The summed E-state index contributed by atoms with van der Waals surface area (Å²) in [5.41, 5.74) is 5.11. The molecule has 0 unspecified atom stereocenters. The Morgan fingerprint density at radius 1 is 1.03 bits per heavy atom. The monoisotopic (exact) mass is 461 g/mol. The smallest absolute Gasteiger partial charge is 0.219 e. The van der Waals surface area contributed by atoms with Gasteiger partial charge in [0.05, 0.1) is 0 Å². The van der Waals surface area contributed by atoms with Crippen LogP contribution in [-0.2, 0) is 4.79 Å². The lowest BCUT2D eigenvalue weighted by atomic mass is 10.1. The fourth-order valence-electron chi connectivity index (χ4n) is 4.24. The first kappa shape index (κ1) is 25.3. The van der Waals surface area contributed by atoms with Crippen molar-refractivity contribution in [2.24, 2.45) is 4.99 Å². The van der Waals surface area contributed by atoms with Crippen LogP contribution >= 0.6 is 0 Å². The number of hydrogen-bond acceptors (Lipinski definition) is 4. The van der Waals surface area contributed by atoms with Crippen LogP contribution in [-0.4, -0.2) is 54.3 Å². The van der Waals surface area contributed by atoms with Gasteiger partial charge in [-0.05, 0) is 49.8 Å². The van der Waals surface area contributed by atoms with Gasteiger partial charge in [0.2, 0.25) is 5.91 Å². The largest absolute Gasteiger partial charge is 0.368 e. The summed E-state index contributed by atoms with van der Waals surface area (Å²) in [5, 5.41) is 3.37. The van der Waals surface area contributed by atoms with Crippen LogP contribution in [0.2, 0.25) is 0 Å². The summed E-state index contributed by atoms with van der Waals surface area (Å²) < 4.78 is 0. The molecule has 2 aliphatic heterocycles. The number of nitrogens with one attached hydrogen (secondary N) is 1. The lowest BCUT2D eigenvalue weighted by molar-refractivity contribution is -0.129. The molecule has 2 aliphatic rings. The van der Waals surface area contributed by atoms with Crippen molar-refractivity contribution in [3.05, 3.63) is 72.7 Å². The van der Waals surface area contributed by atoms with E-state index >= 15 is 0 Å². The van der Waals surface area contributed by atoms with E-state index in [0.29, 0.717) is 0 Å². The standard InChI is InChI=1S/C28H39N5O/c1-6-7-8-9-16-33-22(2)10-11-26(23(33)3)21-29-24(4)30-27-12-14-28(15-13-27)32-19-17-31(18-20-32)25(5)34/h10-15,21H,2-3,6-9,16-20H2,1,4-5H3,(H,29,30)/b26-21-. The molecule has 0 bridgehead atoms. The molecule has 1 amide bonds. The molecule has 3 rings (SSSR count). The molecule has 1 saturated heterocycles. The number of benzene rings is 1. The molecular formula is C28H39N5O. The van der Waals surface area contributed by atoms with E-state index in [1.54, 1.807) is 6.92 Å². The zero-order chi connectivity index (χ0) is 24.5. The van der Waals surface area contributed by atoms with Crippen molar-refractivity contribution >= 4 is 23.1 Å². The van der Waals surface area contributed by atoms with E-state index in [4.69, 9.17) is 0 Å². The zero-order valence-corrected chi connectivity index (χ0v) is 21.0. The predicted octanol–water partition coefficient (Wildman–Crippen LogP) is 5.55. The van der Waals surface area contributed by atoms with E-state index in [-0.39, 0.29) is 5.91 Å².